The molecule has 102 valence electrons. The molecular formula is C16H14O4. The lowest BCUT2D eigenvalue weighted by Crippen LogP contribution is -2.06. The third-order valence-electron chi connectivity index (χ3n) is 3.57. The van der Waals surface area contributed by atoms with Gasteiger partial charge in [0, 0.05) is 10.8 Å². The molecular weight excluding hydrogens is 256 g/mol. The second-order valence-corrected chi connectivity index (χ2v) is 4.78. The molecule has 1 aromatic heterocycles. The molecule has 0 amide bonds. The average Bonchev–Trinajstić information content (AvgIpc) is 2.82. The average molecular weight is 270 g/mol. The summed E-state index contributed by atoms with van der Waals surface area (Å²) in [7, 11) is 1.61. The highest BCUT2D eigenvalue weighted by Crippen LogP contribution is 2.33. The Morgan fingerprint density at radius 1 is 1.15 bits per heavy atom. The van der Waals surface area contributed by atoms with Gasteiger partial charge in [-0.1, -0.05) is 6.07 Å². The summed E-state index contributed by atoms with van der Waals surface area (Å²) in [5.41, 5.74) is 2.27. The highest BCUT2D eigenvalue weighted by molar-refractivity contribution is 6.05. The number of hydrogen-bond acceptors (Lipinski definition) is 3. The van der Waals surface area contributed by atoms with Crippen molar-refractivity contribution in [3.8, 4) is 5.75 Å². The molecule has 0 spiro atoms. The van der Waals surface area contributed by atoms with E-state index >= 15 is 0 Å². The predicted octanol–water partition coefficient (Wildman–Crippen LogP) is 3.78. The molecule has 20 heavy (non-hydrogen) atoms. The van der Waals surface area contributed by atoms with Crippen LogP contribution in [-0.4, -0.2) is 18.2 Å². The molecule has 1 heterocycles. The molecule has 0 saturated heterocycles. The van der Waals surface area contributed by atoms with Crippen LogP contribution < -0.4 is 4.74 Å². The Hall–Kier alpha value is -2.49. The Kier molecular flexibility index (Phi) is 2.86. The summed E-state index contributed by atoms with van der Waals surface area (Å²) in [6.07, 6.45) is 0. The maximum absolute atomic E-state index is 11.1. The fourth-order valence-corrected chi connectivity index (χ4v) is 2.31. The molecule has 0 aliphatic rings. The monoisotopic (exact) mass is 270 g/mol. The van der Waals surface area contributed by atoms with E-state index in [1.54, 1.807) is 20.1 Å². The zero-order valence-electron chi connectivity index (χ0n) is 11.2. The Balaban J connectivity index is 2.25. The minimum absolute atomic E-state index is 0.546. The minimum Gasteiger partial charge on any atom is -0.497 e. The summed E-state index contributed by atoms with van der Waals surface area (Å²) >= 11 is 0. The lowest BCUT2D eigenvalue weighted by Gasteiger charge is -2.05. The summed E-state index contributed by atoms with van der Waals surface area (Å²) in [6, 6.07) is 11.1. The number of aliphatic carboxylic acids is 1. The summed E-state index contributed by atoms with van der Waals surface area (Å²) in [5.74, 6) is -0.637. The highest BCUT2D eigenvalue weighted by atomic mass is 16.5. The van der Waals surface area contributed by atoms with E-state index < -0.39 is 11.9 Å². The van der Waals surface area contributed by atoms with Crippen LogP contribution in [0.2, 0.25) is 0 Å². The van der Waals surface area contributed by atoms with E-state index in [1.165, 1.54) is 0 Å². The van der Waals surface area contributed by atoms with Gasteiger partial charge in [0.05, 0.1) is 13.0 Å². The molecule has 4 nitrogen and oxygen atoms in total. The van der Waals surface area contributed by atoms with Crippen LogP contribution in [0.25, 0.3) is 21.9 Å². The summed E-state index contributed by atoms with van der Waals surface area (Å²) in [4.78, 5) is 11.1. The molecule has 0 saturated carbocycles. The first-order chi connectivity index (χ1) is 9.60. The summed E-state index contributed by atoms with van der Waals surface area (Å²) in [5, 5.41) is 10.9. The van der Waals surface area contributed by atoms with Crippen molar-refractivity contribution in [3.63, 3.8) is 0 Å². The molecule has 1 atom stereocenters. The first-order valence-electron chi connectivity index (χ1n) is 6.33. The lowest BCUT2D eigenvalue weighted by molar-refractivity contribution is -0.138. The number of carboxylic acid groups (broad SMARTS) is 1. The number of fused-ring (bicyclic) bond motifs is 3. The van der Waals surface area contributed by atoms with Gasteiger partial charge in [0.25, 0.3) is 0 Å². The second kappa shape index (κ2) is 4.56. The first kappa shape index (κ1) is 12.5. The number of carbonyl (C=O) groups is 1. The van der Waals surface area contributed by atoms with E-state index in [0.29, 0.717) is 0 Å². The van der Waals surface area contributed by atoms with Crippen LogP contribution in [0.1, 0.15) is 18.4 Å². The fraction of sp³-hybridized carbons (Fsp3) is 0.188. The van der Waals surface area contributed by atoms with Gasteiger partial charge in [0.1, 0.15) is 16.9 Å². The molecule has 2 aromatic carbocycles. The quantitative estimate of drug-likeness (QED) is 0.786. The van der Waals surface area contributed by atoms with Crippen LogP contribution in [0.3, 0.4) is 0 Å². The predicted molar refractivity (Wildman–Crippen MR) is 76.3 cm³/mol. The Morgan fingerprint density at radius 3 is 2.45 bits per heavy atom. The Bertz CT molecular complexity index is 801. The molecule has 1 unspecified atom stereocenters. The van der Waals surface area contributed by atoms with Gasteiger partial charge >= 0.3 is 5.97 Å². The van der Waals surface area contributed by atoms with Gasteiger partial charge in [0.15, 0.2) is 0 Å². The third-order valence-corrected chi connectivity index (χ3v) is 3.57. The number of carboxylic acids is 1. The SMILES string of the molecule is COc1ccc2oc3ccc(C(C)C(=O)O)cc3c2c1. The van der Waals surface area contributed by atoms with Crippen LogP contribution >= 0.6 is 0 Å². The second-order valence-electron chi connectivity index (χ2n) is 4.78. The van der Waals surface area contributed by atoms with Crippen LogP contribution in [-0.2, 0) is 4.79 Å². The van der Waals surface area contributed by atoms with E-state index in [4.69, 9.17) is 14.3 Å². The molecule has 1 N–H and O–H groups in total. The van der Waals surface area contributed by atoms with Crippen LogP contribution in [0.5, 0.6) is 5.75 Å². The third kappa shape index (κ3) is 1.90. The number of rotatable bonds is 3. The molecule has 0 aliphatic heterocycles. The van der Waals surface area contributed by atoms with Crippen LogP contribution in [0.15, 0.2) is 40.8 Å². The van der Waals surface area contributed by atoms with Crippen LogP contribution in [0.4, 0.5) is 0 Å². The molecule has 0 radical (unpaired) electrons. The number of ether oxygens (including phenoxy) is 1. The van der Waals surface area contributed by atoms with Gasteiger partial charge < -0.3 is 14.3 Å². The van der Waals surface area contributed by atoms with Gasteiger partial charge in [-0.15, -0.1) is 0 Å². The summed E-state index contributed by atoms with van der Waals surface area (Å²) in [6.45, 7) is 1.67. The molecule has 0 aliphatic carbocycles. The van der Waals surface area contributed by atoms with E-state index in [2.05, 4.69) is 0 Å². The van der Waals surface area contributed by atoms with Crippen molar-refractivity contribution in [3.05, 3.63) is 42.0 Å². The number of hydrogen-bond donors (Lipinski definition) is 1. The van der Waals surface area contributed by atoms with Crippen molar-refractivity contribution in [1.82, 2.24) is 0 Å². The molecule has 3 rings (SSSR count). The van der Waals surface area contributed by atoms with E-state index in [1.807, 2.05) is 30.3 Å². The zero-order chi connectivity index (χ0) is 14.3. The standard InChI is InChI=1S/C16H14O4/c1-9(16(17)18)10-3-5-14-12(7-10)13-8-11(19-2)4-6-15(13)20-14/h3-9H,1-2H3,(H,17,18). The van der Waals surface area contributed by atoms with E-state index in [-0.39, 0.29) is 0 Å². The van der Waals surface area contributed by atoms with Crippen molar-refractivity contribution >= 4 is 27.9 Å². The molecule has 3 aromatic rings. The van der Waals surface area contributed by atoms with Gasteiger partial charge in [-0.05, 0) is 42.8 Å². The normalized spacial score (nSPS) is 12.7. The number of furan rings is 1. The lowest BCUT2D eigenvalue weighted by atomic mass is 9.99. The van der Waals surface area contributed by atoms with Gasteiger partial charge in [0.2, 0.25) is 0 Å². The number of benzene rings is 2. The summed E-state index contributed by atoms with van der Waals surface area (Å²) < 4.78 is 11.0. The Labute approximate surface area is 115 Å². The van der Waals surface area contributed by atoms with E-state index in [0.717, 1.165) is 33.3 Å². The highest BCUT2D eigenvalue weighted by Gasteiger charge is 2.16. The zero-order valence-corrected chi connectivity index (χ0v) is 11.2. The first-order valence-corrected chi connectivity index (χ1v) is 6.33. The van der Waals surface area contributed by atoms with Crippen LogP contribution in [0, 0.1) is 0 Å². The smallest absolute Gasteiger partial charge is 0.310 e. The van der Waals surface area contributed by atoms with Crippen molar-refractivity contribution in [2.24, 2.45) is 0 Å². The van der Waals surface area contributed by atoms with Crippen molar-refractivity contribution in [2.45, 2.75) is 12.8 Å². The van der Waals surface area contributed by atoms with Gasteiger partial charge in [-0.3, -0.25) is 4.79 Å². The topological polar surface area (TPSA) is 59.7 Å². The molecule has 0 bridgehead atoms. The maximum atomic E-state index is 11.1. The maximum Gasteiger partial charge on any atom is 0.310 e. The van der Waals surface area contributed by atoms with Gasteiger partial charge in [-0.25, -0.2) is 0 Å². The molecule has 0 fully saturated rings. The van der Waals surface area contributed by atoms with Crippen molar-refractivity contribution in [2.75, 3.05) is 7.11 Å². The van der Waals surface area contributed by atoms with Crippen molar-refractivity contribution < 1.29 is 19.1 Å². The number of methoxy groups -OCH3 is 1. The molecule has 4 heteroatoms. The van der Waals surface area contributed by atoms with Gasteiger partial charge in [-0.2, -0.15) is 0 Å². The Morgan fingerprint density at radius 2 is 1.80 bits per heavy atom. The van der Waals surface area contributed by atoms with Crippen molar-refractivity contribution in [1.29, 1.82) is 0 Å². The van der Waals surface area contributed by atoms with E-state index in [9.17, 15) is 4.79 Å². The largest absolute Gasteiger partial charge is 0.497 e. The minimum atomic E-state index is -0.838. The fourth-order valence-electron chi connectivity index (χ4n) is 2.31.